The van der Waals surface area contributed by atoms with Crippen molar-refractivity contribution in [3.8, 4) is 5.75 Å². The number of nitrogens with one attached hydrogen (secondary N) is 2. The van der Waals surface area contributed by atoms with Crippen molar-refractivity contribution in [2.75, 3.05) is 33.4 Å². The van der Waals surface area contributed by atoms with Crippen LogP contribution >= 0.6 is 24.0 Å². The number of hydrogen-bond acceptors (Lipinski definition) is 3. The lowest BCUT2D eigenvalue weighted by Crippen LogP contribution is -2.49. The normalized spacial score (nSPS) is 20.0. The summed E-state index contributed by atoms with van der Waals surface area (Å²) >= 11 is 0. The zero-order valence-corrected chi connectivity index (χ0v) is 19.0. The Kier molecular flexibility index (Phi) is 9.15. The van der Waals surface area contributed by atoms with Crippen molar-refractivity contribution >= 4 is 29.9 Å². The van der Waals surface area contributed by atoms with Gasteiger partial charge in [0.2, 0.25) is 0 Å². The fourth-order valence-electron chi connectivity index (χ4n) is 4.11. The summed E-state index contributed by atoms with van der Waals surface area (Å²) in [5, 5.41) is 7.18. The van der Waals surface area contributed by atoms with E-state index in [0.29, 0.717) is 12.6 Å². The van der Waals surface area contributed by atoms with E-state index in [1.54, 1.807) is 0 Å². The third kappa shape index (κ3) is 5.98. The van der Waals surface area contributed by atoms with Gasteiger partial charge in [-0.05, 0) is 50.3 Å². The molecule has 2 N–H and O–H groups in total. The summed E-state index contributed by atoms with van der Waals surface area (Å²) in [5.74, 6) is 1.86. The van der Waals surface area contributed by atoms with Crippen molar-refractivity contribution in [2.45, 2.75) is 56.9 Å². The van der Waals surface area contributed by atoms with Crippen LogP contribution in [0.15, 0.2) is 29.3 Å². The third-order valence-corrected chi connectivity index (χ3v) is 5.74. The Morgan fingerprint density at radius 1 is 1.19 bits per heavy atom. The van der Waals surface area contributed by atoms with Gasteiger partial charge in [0.15, 0.2) is 5.96 Å². The lowest BCUT2D eigenvalue weighted by Gasteiger charge is -2.38. The fourth-order valence-corrected chi connectivity index (χ4v) is 4.11. The Hall–Kier alpha value is -1.02. The number of rotatable bonds is 6. The summed E-state index contributed by atoms with van der Waals surface area (Å²) in [6.07, 6.45) is 7.18. The molecule has 1 aliphatic heterocycles. The minimum atomic E-state index is 0. The Morgan fingerprint density at radius 3 is 2.44 bits per heavy atom. The number of benzene rings is 1. The van der Waals surface area contributed by atoms with Gasteiger partial charge in [0.25, 0.3) is 0 Å². The van der Waals surface area contributed by atoms with Gasteiger partial charge in [-0.3, -0.25) is 4.99 Å². The molecule has 0 radical (unpaired) electrons. The molecule has 1 aliphatic carbocycles. The molecule has 1 heterocycles. The molecule has 1 saturated carbocycles. The summed E-state index contributed by atoms with van der Waals surface area (Å²) in [4.78, 5) is 4.44. The molecule has 2 fully saturated rings. The average Bonchev–Trinajstić information content (AvgIpc) is 3.20. The SMILES string of the molecule is CCOc1ccc(C2(CNC(=NC)NC3CCCC3)CCOCC2)cc1.I. The molecule has 152 valence electrons. The number of guanidine groups is 1. The minimum absolute atomic E-state index is 0. The Balaban J connectivity index is 0.00000261. The van der Waals surface area contributed by atoms with E-state index >= 15 is 0 Å². The molecule has 0 aromatic heterocycles. The lowest BCUT2D eigenvalue weighted by molar-refractivity contribution is 0.0513. The van der Waals surface area contributed by atoms with Crippen LogP contribution in [0.1, 0.15) is 51.0 Å². The predicted octanol–water partition coefficient (Wildman–Crippen LogP) is 3.86. The van der Waals surface area contributed by atoms with Crippen LogP contribution in [0.5, 0.6) is 5.75 Å². The number of aliphatic imine (C=N–C) groups is 1. The quantitative estimate of drug-likeness (QED) is 0.364. The highest BCUT2D eigenvalue weighted by Crippen LogP contribution is 2.35. The van der Waals surface area contributed by atoms with E-state index in [0.717, 1.165) is 44.3 Å². The van der Waals surface area contributed by atoms with Gasteiger partial charge in [-0.2, -0.15) is 0 Å². The van der Waals surface area contributed by atoms with Crippen molar-refractivity contribution < 1.29 is 9.47 Å². The van der Waals surface area contributed by atoms with Crippen LogP contribution in [0.2, 0.25) is 0 Å². The number of halogens is 1. The van der Waals surface area contributed by atoms with E-state index < -0.39 is 0 Å². The van der Waals surface area contributed by atoms with Crippen molar-refractivity contribution in [2.24, 2.45) is 4.99 Å². The maximum atomic E-state index is 5.65. The predicted molar refractivity (Wildman–Crippen MR) is 122 cm³/mol. The van der Waals surface area contributed by atoms with Crippen molar-refractivity contribution in [3.05, 3.63) is 29.8 Å². The highest BCUT2D eigenvalue weighted by Gasteiger charge is 2.34. The highest BCUT2D eigenvalue weighted by atomic mass is 127. The Morgan fingerprint density at radius 2 is 1.85 bits per heavy atom. The van der Waals surface area contributed by atoms with E-state index in [1.165, 1.54) is 31.2 Å². The van der Waals surface area contributed by atoms with Crippen molar-refractivity contribution in [1.82, 2.24) is 10.6 Å². The number of hydrogen-bond donors (Lipinski definition) is 2. The molecule has 1 aromatic rings. The third-order valence-electron chi connectivity index (χ3n) is 5.74. The maximum Gasteiger partial charge on any atom is 0.191 e. The summed E-state index contributed by atoms with van der Waals surface area (Å²) < 4.78 is 11.3. The molecule has 0 amide bonds. The number of ether oxygens (including phenoxy) is 2. The van der Waals surface area contributed by atoms with Crippen LogP contribution in [-0.2, 0) is 10.2 Å². The molecule has 2 aliphatic rings. The topological polar surface area (TPSA) is 54.9 Å². The maximum absolute atomic E-state index is 5.65. The largest absolute Gasteiger partial charge is 0.494 e. The van der Waals surface area contributed by atoms with E-state index in [4.69, 9.17) is 9.47 Å². The Labute approximate surface area is 180 Å². The second kappa shape index (κ2) is 11.1. The van der Waals surface area contributed by atoms with Crippen LogP contribution in [0, 0.1) is 0 Å². The molecule has 1 aromatic carbocycles. The van der Waals surface area contributed by atoms with Crippen LogP contribution in [-0.4, -0.2) is 45.4 Å². The molecule has 0 atom stereocenters. The first-order valence-corrected chi connectivity index (χ1v) is 10.0. The zero-order valence-electron chi connectivity index (χ0n) is 16.6. The van der Waals surface area contributed by atoms with Gasteiger partial charge >= 0.3 is 0 Å². The van der Waals surface area contributed by atoms with Crippen LogP contribution in [0.25, 0.3) is 0 Å². The van der Waals surface area contributed by atoms with E-state index in [-0.39, 0.29) is 29.4 Å². The summed E-state index contributed by atoms with van der Waals surface area (Å²) in [6, 6.07) is 9.16. The van der Waals surface area contributed by atoms with Crippen molar-refractivity contribution in [1.29, 1.82) is 0 Å². The molecule has 3 rings (SSSR count). The van der Waals surface area contributed by atoms with Gasteiger partial charge in [-0.1, -0.05) is 25.0 Å². The van der Waals surface area contributed by atoms with E-state index in [9.17, 15) is 0 Å². The smallest absolute Gasteiger partial charge is 0.191 e. The molecule has 0 spiro atoms. The first kappa shape index (κ1) is 22.3. The summed E-state index contributed by atoms with van der Waals surface area (Å²) in [7, 11) is 1.86. The van der Waals surface area contributed by atoms with Crippen LogP contribution < -0.4 is 15.4 Å². The van der Waals surface area contributed by atoms with E-state index in [1.807, 2.05) is 14.0 Å². The molecular formula is C21H34IN3O2. The van der Waals surface area contributed by atoms with Gasteiger partial charge in [0.05, 0.1) is 6.61 Å². The van der Waals surface area contributed by atoms with Gasteiger partial charge in [0, 0.05) is 38.3 Å². The standard InChI is InChI=1S/C21H33N3O2.HI/c1-3-26-19-10-8-17(9-11-19)21(12-14-25-15-13-21)16-23-20(22-2)24-18-6-4-5-7-18;/h8-11,18H,3-7,12-16H2,1-2H3,(H2,22,23,24);1H. The van der Waals surface area contributed by atoms with Gasteiger partial charge in [-0.25, -0.2) is 0 Å². The summed E-state index contributed by atoms with van der Waals surface area (Å²) in [6.45, 7) is 5.20. The van der Waals surface area contributed by atoms with Crippen LogP contribution in [0.3, 0.4) is 0 Å². The van der Waals surface area contributed by atoms with Gasteiger partial charge in [0.1, 0.15) is 5.75 Å². The second-order valence-corrected chi connectivity index (χ2v) is 7.40. The monoisotopic (exact) mass is 487 g/mol. The highest BCUT2D eigenvalue weighted by molar-refractivity contribution is 14.0. The molecular weight excluding hydrogens is 453 g/mol. The molecule has 0 unspecified atom stereocenters. The second-order valence-electron chi connectivity index (χ2n) is 7.40. The molecule has 0 bridgehead atoms. The van der Waals surface area contributed by atoms with Crippen LogP contribution in [0.4, 0.5) is 0 Å². The van der Waals surface area contributed by atoms with Crippen molar-refractivity contribution in [3.63, 3.8) is 0 Å². The lowest BCUT2D eigenvalue weighted by atomic mass is 9.74. The Bertz CT molecular complexity index is 580. The minimum Gasteiger partial charge on any atom is -0.494 e. The van der Waals surface area contributed by atoms with Gasteiger partial charge in [-0.15, -0.1) is 24.0 Å². The first-order valence-electron chi connectivity index (χ1n) is 10.0. The number of nitrogens with zero attached hydrogens (tertiary/aromatic N) is 1. The first-order chi connectivity index (χ1) is 12.8. The molecule has 1 saturated heterocycles. The average molecular weight is 487 g/mol. The molecule has 5 nitrogen and oxygen atoms in total. The summed E-state index contributed by atoms with van der Waals surface area (Å²) in [5.41, 5.74) is 1.43. The fraction of sp³-hybridized carbons (Fsp3) is 0.667. The molecule has 6 heteroatoms. The van der Waals surface area contributed by atoms with E-state index in [2.05, 4.69) is 39.9 Å². The molecule has 27 heavy (non-hydrogen) atoms. The zero-order chi connectivity index (χ0) is 18.2. The van der Waals surface area contributed by atoms with Gasteiger partial charge < -0.3 is 20.1 Å².